The minimum atomic E-state index is 1.03. The maximum Gasteiger partial charge on any atom is -0.00258 e. The van der Waals surface area contributed by atoms with Crippen molar-refractivity contribution in [1.29, 1.82) is 0 Å². The zero-order valence-corrected chi connectivity index (χ0v) is 15.5. The number of benzene rings is 2. The van der Waals surface area contributed by atoms with Gasteiger partial charge < -0.3 is 0 Å². The van der Waals surface area contributed by atoms with E-state index in [9.17, 15) is 0 Å². The standard InChI is InChI=1S/C13H12.4C2H6/c1-3-7-12(8-4-1)11-13-9-5-2-6-10-13;4*1-2/h1-10H,11H2;4*1-2H3. The summed E-state index contributed by atoms with van der Waals surface area (Å²) in [5, 5.41) is 0. The van der Waals surface area contributed by atoms with Crippen LogP contribution in [0.3, 0.4) is 0 Å². The summed E-state index contributed by atoms with van der Waals surface area (Å²) in [5.74, 6) is 0. The monoisotopic (exact) mass is 288 g/mol. The zero-order chi connectivity index (χ0) is 16.9. The zero-order valence-electron chi connectivity index (χ0n) is 15.5. The molecule has 2 rings (SSSR count). The lowest BCUT2D eigenvalue weighted by atomic mass is 10.1. The lowest BCUT2D eigenvalue weighted by Gasteiger charge is -2.00. The van der Waals surface area contributed by atoms with E-state index in [1.54, 1.807) is 0 Å². The van der Waals surface area contributed by atoms with Crippen LogP contribution in [0.15, 0.2) is 60.7 Å². The molecule has 0 aliphatic heterocycles. The maximum atomic E-state index is 2.16. The minimum Gasteiger partial charge on any atom is -0.0683 e. The molecule has 21 heavy (non-hydrogen) atoms. The fourth-order valence-electron chi connectivity index (χ4n) is 1.43. The molecule has 120 valence electrons. The predicted octanol–water partition coefficient (Wildman–Crippen LogP) is 7.38. The highest BCUT2D eigenvalue weighted by molar-refractivity contribution is 5.25. The van der Waals surface area contributed by atoms with Crippen LogP contribution in [0.5, 0.6) is 0 Å². The minimum absolute atomic E-state index is 1.03. The van der Waals surface area contributed by atoms with E-state index in [1.807, 2.05) is 55.4 Å². The van der Waals surface area contributed by atoms with Gasteiger partial charge in [0.1, 0.15) is 0 Å². The van der Waals surface area contributed by atoms with Crippen LogP contribution in [0.2, 0.25) is 0 Å². The van der Waals surface area contributed by atoms with E-state index in [4.69, 9.17) is 0 Å². The quantitative estimate of drug-likeness (QED) is 0.540. The van der Waals surface area contributed by atoms with Crippen LogP contribution in [0, 0.1) is 0 Å². The molecule has 0 heteroatoms. The van der Waals surface area contributed by atoms with Crippen molar-refractivity contribution >= 4 is 0 Å². The van der Waals surface area contributed by atoms with Gasteiger partial charge in [-0.3, -0.25) is 0 Å². The molecule has 2 aromatic rings. The molecule has 0 aliphatic carbocycles. The topological polar surface area (TPSA) is 0 Å². The number of hydrogen-bond donors (Lipinski definition) is 0. The summed E-state index contributed by atoms with van der Waals surface area (Å²) in [5.41, 5.74) is 2.74. The third-order valence-electron chi connectivity index (χ3n) is 2.09. The first kappa shape index (κ1) is 24.5. The molecule has 0 atom stereocenters. The van der Waals surface area contributed by atoms with E-state index < -0.39 is 0 Å². The molecule has 0 aliphatic rings. The SMILES string of the molecule is CC.CC.CC.CC.c1ccc(Cc2ccccc2)cc1. The van der Waals surface area contributed by atoms with Crippen LogP contribution in [0.4, 0.5) is 0 Å². The van der Waals surface area contributed by atoms with Crippen molar-refractivity contribution in [3.05, 3.63) is 71.8 Å². The Hall–Kier alpha value is -1.56. The van der Waals surface area contributed by atoms with Gasteiger partial charge in [-0.15, -0.1) is 0 Å². The van der Waals surface area contributed by atoms with E-state index in [-0.39, 0.29) is 0 Å². The molecule has 0 spiro atoms. The average Bonchev–Trinajstić information content (AvgIpc) is 2.64. The van der Waals surface area contributed by atoms with Crippen molar-refractivity contribution < 1.29 is 0 Å². The Balaban J connectivity index is -0.000000353. The van der Waals surface area contributed by atoms with Crippen molar-refractivity contribution in [2.24, 2.45) is 0 Å². The van der Waals surface area contributed by atoms with Crippen LogP contribution in [0.1, 0.15) is 66.5 Å². The summed E-state index contributed by atoms with van der Waals surface area (Å²) in [6, 6.07) is 21.1. The van der Waals surface area contributed by atoms with Gasteiger partial charge in [0, 0.05) is 0 Å². The molecule has 0 N–H and O–H groups in total. The lowest BCUT2D eigenvalue weighted by molar-refractivity contribution is 1.19. The summed E-state index contributed by atoms with van der Waals surface area (Å²) >= 11 is 0. The molecule has 0 fully saturated rings. The first-order valence-electron chi connectivity index (χ1n) is 8.53. The highest BCUT2D eigenvalue weighted by Crippen LogP contribution is 2.07. The van der Waals surface area contributed by atoms with Gasteiger partial charge >= 0.3 is 0 Å². The Bertz CT molecular complexity index is 311. The van der Waals surface area contributed by atoms with Gasteiger partial charge in [-0.05, 0) is 17.5 Å². The summed E-state index contributed by atoms with van der Waals surface area (Å²) in [6.45, 7) is 16.0. The number of hydrogen-bond acceptors (Lipinski definition) is 0. The maximum absolute atomic E-state index is 2.16. The Morgan fingerprint density at radius 3 is 0.905 bits per heavy atom. The second-order valence-corrected chi connectivity index (χ2v) is 3.15. The van der Waals surface area contributed by atoms with E-state index >= 15 is 0 Å². The van der Waals surface area contributed by atoms with Gasteiger partial charge in [-0.2, -0.15) is 0 Å². The second-order valence-electron chi connectivity index (χ2n) is 3.15. The molecule has 0 aromatic heterocycles. The first-order valence-corrected chi connectivity index (χ1v) is 8.53. The summed E-state index contributed by atoms with van der Waals surface area (Å²) in [7, 11) is 0. The highest BCUT2D eigenvalue weighted by atomic mass is 14.0. The molecule has 2 aromatic carbocycles. The van der Waals surface area contributed by atoms with Crippen molar-refractivity contribution in [1.82, 2.24) is 0 Å². The Kier molecular flexibility index (Phi) is 27.4. The normalized spacial score (nSPS) is 7.24. The van der Waals surface area contributed by atoms with Crippen LogP contribution >= 0.6 is 0 Å². The first-order chi connectivity index (χ1) is 10.4. The molecule has 0 bridgehead atoms. The summed E-state index contributed by atoms with van der Waals surface area (Å²) < 4.78 is 0. The van der Waals surface area contributed by atoms with Gasteiger partial charge in [-0.1, -0.05) is 116 Å². The second kappa shape index (κ2) is 23.5. The molecule has 0 unspecified atom stereocenters. The molecule has 0 saturated carbocycles. The van der Waals surface area contributed by atoms with Crippen LogP contribution in [0.25, 0.3) is 0 Å². The largest absolute Gasteiger partial charge is 0.0683 e. The van der Waals surface area contributed by atoms with Crippen LogP contribution in [-0.4, -0.2) is 0 Å². The van der Waals surface area contributed by atoms with Crippen molar-refractivity contribution in [3.63, 3.8) is 0 Å². The summed E-state index contributed by atoms with van der Waals surface area (Å²) in [4.78, 5) is 0. The van der Waals surface area contributed by atoms with Crippen molar-refractivity contribution in [3.8, 4) is 0 Å². The Morgan fingerprint density at radius 1 is 0.429 bits per heavy atom. The fraction of sp³-hybridized carbons (Fsp3) is 0.429. The van der Waals surface area contributed by atoms with Gasteiger partial charge in [-0.25, -0.2) is 0 Å². The molecule has 0 radical (unpaired) electrons. The lowest BCUT2D eigenvalue weighted by Crippen LogP contribution is -1.85. The van der Waals surface area contributed by atoms with E-state index in [1.165, 1.54) is 11.1 Å². The van der Waals surface area contributed by atoms with Crippen molar-refractivity contribution in [2.75, 3.05) is 0 Å². The molecule has 0 nitrogen and oxygen atoms in total. The fourth-order valence-corrected chi connectivity index (χ4v) is 1.43. The third kappa shape index (κ3) is 14.7. The van der Waals surface area contributed by atoms with Crippen LogP contribution < -0.4 is 0 Å². The average molecular weight is 289 g/mol. The smallest absolute Gasteiger partial charge is 0.00258 e. The molecule has 0 heterocycles. The number of rotatable bonds is 2. The van der Waals surface area contributed by atoms with Gasteiger partial charge in [0.25, 0.3) is 0 Å². The van der Waals surface area contributed by atoms with Gasteiger partial charge in [0.15, 0.2) is 0 Å². The van der Waals surface area contributed by atoms with Crippen molar-refractivity contribution in [2.45, 2.75) is 61.8 Å². The van der Waals surface area contributed by atoms with Gasteiger partial charge in [0.2, 0.25) is 0 Å². The van der Waals surface area contributed by atoms with Gasteiger partial charge in [0.05, 0.1) is 0 Å². The van der Waals surface area contributed by atoms with Crippen LogP contribution in [-0.2, 0) is 6.42 Å². The van der Waals surface area contributed by atoms with E-state index in [0.29, 0.717) is 0 Å². The van der Waals surface area contributed by atoms with E-state index in [2.05, 4.69) is 60.7 Å². The van der Waals surface area contributed by atoms with E-state index in [0.717, 1.165) is 6.42 Å². The molecular formula is C21H36. The Morgan fingerprint density at radius 2 is 0.667 bits per heavy atom. The predicted molar refractivity (Wildman–Crippen MR) is 101 cm³/mol. The third-order valence-corrected chi connectivity index (χ3v) is 2.09. The molecular weight excluding hydrogens is 252 g/mol. The molecule has 0 saturated heterocycles. The molecule has 0 amide bonds. The summed E-state index contributed by atoms with van der Waals surface area (Å²) in [6.07, 6.45) is 1.03. The highest BCUT2D eigenvalue weighted by Gasteiger charge is 1.92. The Labute approximate surface area is 134 Å².